The molecule has 2 amide bonds. The Bertz CT molecular complexity index is 515. The third-order valence-electron chi connectivity index (χ3n) is 4.21. The summed E-state index contributed by atoms with van der Waals surface area (Å²) in [6, 6.07) is 5.84. The molecule has 1 fully saturated rings. The Balaban J connectivity index is 1.68. The Morgan fingerprint density at radius 1 is 1.55 bits per heavy atom. The number of nitrogens with zero attached hydrogens (tertiary/aromatic N) is 1. The highest BCUT2D eigenvalue weighted by Crippen LogP contribution is 2.30. The molecule has 20 heavy (non-hydrogen) atoms. The van der Waals surface area contributed by atoms with E-state index in [2.05, 4.69) is 5.32 Å². The number of urea groups is 1. The molecule has 5 heteroatoms. The second-order valence-electron chi connectivity index (χ2n) is 5.54. The lowest BCUT2D eigenvalue weighted by molar-refractivity contribution is 0.178. The number of carbonyl (C=O) groups excluding carboxylic acids is 1. The van der Waals surface area contributed by atoms with E-state index in [1.54, 1.807) is 4.90 Å². The minimum absolute atomic E-state index is 0.0367. The van der Waals surface area contributed by atoms with Crippen molar-refractivity contribution in [1.82, 2.24) is 5.32 Å². The first kappa shape index (κ1) is 13.7. The first-order valence-corrected chi connectivity index (χ1v) is 7.47. The van der Waals surface area contributed by atoms with Gasteiger partial charge in [0.15, 0.2) is 0 Å². The van der Waals surface area contributed by atoms with Crippen molar-refractivity contribution in [3.05, 3.63) is 28.8 Å². The molecular formula is C15H19ClN2O2. The van der Waals surface area contributed by atoms with Crippen LogP contribution in [0.1, 0.15) is 18.9 Å². The quantitative estimate of drug-likeness (QED) is 0.911. The van der Waals surface area contributed by atoms with E-state index in [1.807, 2.05) is 25.1 Å². The SMILES string of the molecule is C[C@@H](NC(=O)N1CCc2ccc(Cl)cc21)[C@H]1CCOC1. The van der Waals surface area contributed by atoms with Gasteiger partial charge in [0.1, 0.15) is 0 Å². The maximum Gasteiger partial charge on any atom is 0.322 e. The molecule has 0 unspecified atom stereocenters. The van der Waals surface area contributed by atoms with Gasteiger partial charge in [-0.25, -0.2) is 4.79 Å². The van der Waals surface area contributed by atoms with E-state index in [4.69, 9.17) is 16.3 Å². The third-order valence-corrected chi connectivity index (χ3v) is 4.45. The number of halogens is 1. The van der Waals surface area contributed by atoms with Crippen LogP contribution >= 0.6 is 11.6 Å². The van der Waals surface area contributed by atoms with Crippen LogP contribution < -0.4 is 10.2 Å². The molecule has 3 rings (SSSR count). The fourth-order valence-electron chi connectivity index (χ4n) is 2.90. The van der Waals surface area contributed by atoms with Crippen LogP contribution in [-0.4, -0.2) is 31.8 Å². The zero-order valence-electron chi connectivity index (χ0n) is 11.6. The van der Waals surface area contributed by atoms with Crippen molar-refractivity contribution in [2.24, 2.45) is 5.92 Å². The first-order chi connectivity index (χ1) is 9.65. The molecule has 1 aromatic carbocycles. The van der Waals surface area contributed by atoms with E-state index in [1.165, 1.54) is 5.56 Å². The number of hydrogen-bond acceptors (Lipinski definition) is 2. The molecule has 1 aromatic rings. The van der Waals surface area contributed by atoms with Gasteiger partial charge in [-0.3, -0.25) is 4.90 Å². The van der Waals surface area contributed by atoms with Gasteiger partial charge in [-0.15, -0.1) is 0 Å². The van der Waals surface area contributed by atoms with Gasteiger partial charge < -0.3 is 10.1 Å². The molecule has 2 aliphatic rings. The summed E-state index contributed by atoms with van der Waals surface area (Å²) >= 11 is 6.03. The third kappa shape index (κ3) is 2.63. The molecule has 0 saturated carbocycles. The minimum Gasteiger partial charge on any atom is -0.381 e. The maximum atomic E-state index is 12.4. The van der Waals surface area contributed by atoms with Crippen molar-refractivity contribution in [3.63, 3.8) is 0 Å². The van der Waals surface area contributed by atoms with E-state index in [-0.39, 0.29) is 12.1 Å². The van der Waals surface area contributed by atoms with E-state index in [9.17, 15) is 4.79 Å². The summed E-state index contributed by atoms with van der Waals surface area (Å²) in [6.45, 7) is 4.30. The predicted octanol–water partition coefficient (Wildman–Crippen LogP) is 2.84. The summed E-state index contributed by atoms with van der Waals surface area (Å²) in [5.74, 6) is 0.417. The fourth-order valence-corrected chi connectivity index (χ4v) is 3.07. The van der Waals surface area contributed by atoms with E-state index < -0.39 is 0 Å². The highest BCUT2D eigenvalue weighted by molar-refractivity contribution is 6.31. The van der Waals surface area contributed by atoms with Gasteiger partial charge in [-0.05, 0) is 37.5 Å². The number of ether oxygens (including phenoxy) is 1. The summed E-state index contributed by atoms with van der Waals surface area (Å²) in [7, 11) is 0. The lowest BCUT2D eigenvalue weighted by Gasteiger charge is -2.24. The standard InChI is InChI=1S/C15H19ClN2O2/c1-10(12-5-7-20-9-12)17-15(19)18-6-4-11-2-3-13(16)8-14(11)18/h2-3,8,10,12H,4-7,9H2,1H3,(H,17,19)/t10-,12+/m1/s1. The van der Waals surface area contributed by atoms with Crippen LogP contribution in [0.25, 0.3) is 0 Å². The molecule has 1 N–H and O–H groups in total. The van der Waals surface area contributed by atoms with E-state index in [0.717, 1.165) is 38.3 Å². The van der Waals surface area contributed by atoms with Crippen molar-refractivity contribution < 1.29 is 9.53 Å². The molecule has 0 spiro atoms. The number of amides is 2. The largest absolute Gasteiger partial charge is 0.381 e. The zero-order chi connectivity index (χ0) is 14.1. The van der Waals surface area contributed by atoms with E-state index in [0.29, 0.717) is 10.9 Å². The molecule has 1 saturated heterocycles. The second-order valence-corrected chi connectivity index (χ2v) is 5.97. The summed E-state index contributed by atoms with van der Waals surface area (Å²) in [5, 5.41) is 3.76. The van der Waals surface area contributed by atoms with Crippen molar-refractivity contribution in [3.8, 4) is 0 Å². The molecule has 0 aliphatic carbocycles. The summed E-state index contributed by atoms with van der Waals surface area (Å²) < 4.78 is 5.37. The van der Waals surface area contributed by atoms with Crippen molar-refractivity contribution in [2.75, 3.05) is 24.7 Å². The van der Waals surface area contributed by atoms with Gasteiger partial charge in [0, 0.05) is 30.1 Å². The Kier molecular flexibility index (Phi) is 3.85. The van der Waals surface area contributed by atoms with Crippen molar-refractivity contribution in [1.29, 1.82) is 0 Å². The van der Waals surface area contributed by atoms with Crippen LogP contribution in [0.15, 0.2) is 18.2 Å². The molecular weight excluding hydrogens is 276 g/mol. The van der Waals surface area contributed by atoms with Crippen LogP contribution in [0.3, 0.4) is 0 Å². The number of hydrogen-bond donors (Lipinski definition) is 1. The van der Waals surface area contributed by atoms with E-state index >= 15 is 0 Å². The molecule has 108 valence electrons. The highest BCUT2D eigenvalue weighted by Gasteiger charge is 2.28. The van der Waals surface area contributed by atoms with Gasteiger partial charge in [-0.2, -0.15) is 0 Å². The molecule has 2 aliphatic heterocycles. The van der Waals surface area contributed by atoms with Gasteiger partial charge in [-0.1, -0.05) is 17.7 Å². The Hall–Kier alpha value is -1.26. The summed E-state index contributed by atoms with van der Waals surface area (Å²) in [5.41, 5.74) is 2.12. The fraction of sp³-hybridized carbons (Fsp3) is 0.533. The maximum absolute atomic E-state index is 12.4. The minimum atomic E-state index is -0.0367. The van der Waals surface area contributed by atoms with Gasteiger partial charge in [0.25, 0.3) is 0 Å². The zero-order valence-corrected chi connectivity index (χ0v) is 12.3. The van der Waals surface area contributed by atoms with Gasteiger partial charge >= 0.3 is 6.03 Å². The Labute approximate surface area is 124 Å². The molecule has 0 radical (unpaired) electrons. The van der Waals surface area contributed by atoms with Crippen LogP contribution in [0.2, 0.25) is 5.02 Å². The Morgan fingerprint density at radius 3 is 3.15 bits per heavy atom. The van der Waals surface area contributed by atoms with Crippen LogP contribution in [0, 0.1) is 5.92 Å². The topological polar surface area (TPSA) is 41.6 Å². The Morgan fingerprint density at radius 2 is 2.40 bits per heavy atom. The monoisotopic (exact) mass is 294 g/mol. The van der Waals surface area contributed by atoms with Crippen molar-refractivity contribution >= 4 is 23.3 Å². The number of nitrogens with one attached hydrogen (secondary N) is 1. The molecule has 0 bridgehead atoms. The second kappa shape index (κ2) is 5.62. The van der Waals surface area contributed by atoms with Crippen molar-refractivity contribution in [2.45, 2.75) is 25.8 Å². The number of rotatable bonds is 2. The molecule has 0 aromatic heterocycles. The molecule has 4 nitrogen and oxygen atoms in total. The normalized spacial score (nSPS) is 22.7. The number of anilines is 1. The number of fused-ring (bicyclic) bond motifs is 1. The summed E-state index contributed by atoms with van der Waals surface area (Å²) in [4.78, 5) is 14.2. The van der Waals surface area contributed by atoms with Crippen LogP contribution in [0.5, 0.6) is 0 Å². The molecule has 2 atom stereocenters. The summed E-state index contributed by atoms with van der Waals surface area (Å²) in [6.07, 6.45) is 1.91. The first-order valence-electron chi connectivity index (χ1n) is 7.09. The van der Waals surface area contributed by atoms with Gasteiger partial charge in [0.2, 0.25) is 0 Å². The lowest BCUT2D eigenvalue weighted by Crippen LogP contribution is -2.46. The van der Waals surface area contributed by atoms with Crippen LogP contribution in [-0.2, 0) is 11.2 Å². The average molecular weight is 295 g/mol. The highest BCUT2D eigenvalue weighted by atomic mass is 35.5. The lowest BCUT2D eigenvalue weighted by atomic mass is 10.0. The molecule has 2 heterocycles. The smallest absolute Gasteiger partial charge is 0.322 e. The van der Waals surface area contributed by atoms with Gasteiger partial charge in [0.05, 0.1) is 12.3 Å². The number of benzene rings is 1. The number of carbonyl (C=O) groups is 1. The average Bonchev–Trinajstić information content (AvgIpc) is 3.07. The predicted molar refractivity (Wildman–Crippen MR) is 79.4 cm³/mol. The van der Waals surface area contributed by atoms with Crippen LogP contribution in [0.4, 0.5) is 10.5 Å².